The number of fused-ring (bicyclic) bond motifs is 1. The first-order chi connectivity index (χ1) is 7.01. The van der Waals surface area contributed by atoms with Gasteiger partial charge in [0, 0.05) is 7.11 Å². The standard InChI is InChI=1S/C8H12N2O4S/c1-14-8(7(12)13)3-10-4(11)2-5(10)15-6(8)9/h5-6H,2-3,9H2,1H3,(H,12,13)/t5-,6?,8?/m1/s1. The molecule has 2 unspecified atom stereocenters. The first-order valence-corrected chi connectivity index (χ1v) is 5.44. The van der Waals surface area contributed by atoms with Crippen LogP contribution in [0, 0.1) is 0 Å². The van der Waals surface area contributed by atoms with E-state index in [9.17, 15) is 9.59 Å². The SMILES string of the molecule is COC1(C(=O)O)CN2C(=O)C[C@H]2SC1N. The van der Waals surface area contributed by atoms with Crippen LogP contribution in [0.5, 0.6) is 0 Å². The van der Waals surface area contributed by atoms with Crippen LogP contribution in [-0.2, 0) is 14.3 Å². The van der Waals surface area contributed by atoms with Gasteiger partial charge in [-0.3, -0.25) is 4.79 Å². The van der Waals surface area contributed by atoms with E-state index in [4.69, 9.17) is 15.6 Å². The highest BCUT2D eigenvalue weighted by atomic mass is 32.2. The van der Waals surface area contributed by atoms with Gasteiger partial charge in [0.25, 0.3) is 0 Å². The van der Waals surface area contributed by atoms with Gasteiger partial charge in [-0.2, -0.15) is 0 Å². The normalized spacial score (nSPS) is 39.6. The van der Waals surface area contributed by atoms with Crippen LogP contribution in [0.1, 0.15) is 6.42 Å². The van der Waals surface area contributed by atoms with Crippen molar-refractivity contribution >= 4 is 23.6 Å². The molecule has 7 heteroatoms. The average Bonchev–Trinajstić information content (AvgIpc) is 2.17. The van der Waals surface area contributed by atoms with E-state index in [-0.39, 0.29) is 17.8 Å². The Kier molecular flexibility index (Phi) is 2.40. The Bertz CT molecular complexity index is 324. The summed E-state index contributed by atoms with van der Waals surface area (Å²) in [5.41, 5.74) is 4.30. The molecule has 2 saturated heterocycles. The first-order valence-electron chi connectivity index (χ1n) is 4.50. The third-order valence-corrected chi connectivity index (χ3v) is 4.32. The summed E-state index contributed by atoms with van der Waals surface area (Å²) in [6, 6.07) is 0. The van der Waals surface area contributed by atoms with Gasteiger partial charge >= 0.3 is 5.97 Å². The molecule has 2 rings (SSSR count). The van der Waals surface area contributed by atoms with Crippen LogP contribution >= 0.6 is 11.8 Å². The molecule has 3 N–H and O–H groups in total. The summed E-state index contributed by atoms with van der Waals surface area (Å²) in [5, 5.41) is 8.50. The van der Waals surface area contributed by atoms with Crippen LogP contribution < -0.4 is 5.73 Å². The van der Waals surface area contributed by atoms with Crippen molar-refractivity contribution < 1.29 is 19.4 Å². The summed E-state index contributed by atoms with van der Waals surface area (Å²) in [7, 11) is 1.30. The van der Waals surface area contributed by atoms with E-state index in [2.05, 4.69) is 0 Å². The molecule has 1 amide bonds. The molecule has 84 valence electrons. The van der Waals surface area contributed by atoms with Crippen LogP contribution in [0.25, 0.3) is 0 Å². The van der Waals surface area contributed by atoms with E-state index in [0.29, 0.717) is 6.42 Å². The van der Waals surface area contributed by atoms with Crippen LogP contribution in [0.15, 0.2) is 0 Å². The lowest BCUT2D eigenvalue weighted by molar-refractivity contribution is -0.171. The molecular weight excluding hydrogens is 220 g/mol. The summed E-state index contributed by atoms with van der Waals surface area (Å²) < 4.78 is 5.01. The van der Waals surface area contributed by atoms with E-state index in [1.165, 1.54) is 23.8 Å². The second-order valence-electron chi connectivity index (χ2n) is 3.64. The molecule has 2 fully saturated rings. The van der Waals surface area contributed by atoms with Crippen molar-refractivity contribution in [3.63, 3.8) is 0 Å². The molecule has 6 nitrogen and oxygen atoms in total. The summed E-state index contributed by atoms with van der Waals surface area (Å²) in [6.07, 6.45) is 0.442. The van der Waals surface area contributed by atoms with Crippen LogP contribution in [-0.4, -0.2) is 51.9 Å². The molecule has 0 aliphatic carbocycles. The van der Waals surface area contributed by atoms with Crippen molar-refractivity contribution in [1.29, 1.82) is 0 Å². The maximum Gasteiger partial charge on any atom is 0.340 e. The van der Waals surface area contributed by atoms with Crippen LogP contribution in [0.2, 0.25) is 0 Å². The number of hydrogen-bond donors (Lipinski definition) is 2. The number of methoxy groups -OCH3 is 1. The molecule has 0 aromatic heterocycles. The zero-order chi connectivity index (χ0) is 11.2. The van der Waals surface area contributed by atoms with E-state index in [1.807, 2.05) is 0 Å². The molecule has 15 heavy (non-hydrogen) atoms. The molecule has 2 aliphatic rings. The van der Waals surface area contributed by atoms with E-state index >= 15 is 0 Å². The van der Waals surface area contributed by atoms with Gasteiger partial charge < -0.3 is 20.5 Å². The fourth-order valence-electron chi connectivity index (χ4n) is 1.82. The highest BCUT2D eigenvalue weighted by Gasteiger charge is 2.56. The minimum Gasteiger partial charge on any atom is -0.479 e. The number of nitrogens with zero attached hydrogens (tertiary/aromatic N) is 1. The van der Waals surface area contributed by atoms with E-state index < -0.39 is 16.9 Å². The molecule has 0 aromatic rings. The molecule has 0 saturated carbocycles. The second kappa shape index (κ2) is 3.36. The molecule has 0 radical (unpaired) electrons. The molecule has 0 spiro atoms. The number of carbonyl (C=O) groups excluding carboxylic acids is 1. The Hall–Kier alpha value is -0.790. The second-order valence-corrected chi connectivity index (χ2v) is 4.96. The fourth-order valence-corrected chi connectivity index (χ4v) is 3.22. The topological polar surface area (TPSA) is 92.9 Å². The minimum absolute atomic E-state index is 0.0233. The monoisotopic (exact) mass is 232 g/mol. The maximum absolute atomic E-state index is 11.2. The van der Waals surface area contributed by atoms with Gasteiger partial charge in [-0.05, 0) is 0 Å². The zero-order valence-electron chi connectivity index (χ0n) is 8.17. The number of ether oxygens (including phenoxy) is 1. The summed E-state index contributed by atoms with van der Waals surface area (Å²) in [4.78, 5) is 23.9. The van der Waals surface area contributed by atoms with Gasteiger partial charge in [0.05, 0.1) is 23.7 Å². The lowest BCUT2D eigenvalue weighted by Gasteiger charge is -2.51. The quantitative estimate of drug-likeness (QED) is 0.596. The number of rotatable bonds is 2. The van der Waals surface area contributed by atoms with Gasteiger partial charge in [0.1, 0.15) is 0 Å². The van der Waals surface area contributed by atoms with Gasteiger partial charge in [0.15, 0.2) is 0 Å². The largest absolute Gasteiger partial charge is 0.479 e. The number of carboxylic acids is 1. The molecule has 3 atom stereocenters. The van der Waals surface area contributed by atoms with Crippen molar-refractivity contribution in [2.24, 2.45) is 5.73 Å². The Morgan fingerprint density at radius 2 is 2.47 bits per heavy atom. The summed E-state index contributed by atoms with van der Waals surface area (Å²) in [6.45, 7) is 0.0382. The molecule has 0 bridgehead atoms. The van der Waals surface area contributed by atoms with Crippen LogP contribution in [0.3, 0.4) is 0 Å². The zero-order valence-corrected chi connectivity index (χ0v) is 8.99. The van der Waals surface area contributed by atoms with Crippen molar-refractivity contribution in [2.75, 3.05) is 13.7 Å². The average molecular weight is 232 g/mol. The lowest BCUT2D eigenvalue weighted by Crippen LogP contribution is -2.70. The van der Waals surface area contributed by atoms with Crippen molar-refractivity contribution in [3.05, 3.63) is 0 Å². The lowest BCUT2D eigenvalue weighted by atomic mass is 10.00. The number of nitrogens with two attached hydrogens (primary N) is 1. The smallest absolute Gasteiger partial charge is 0.340 e. The van der Waals surface area contributed by atoms with E-state index in [0.717, 1.165) is 0 Å². The Morgan fingerprint density at radius 1 is 1.80 bits per heavy atom. The van der Waals surface area contributed by atoms with Gasteiger partial charge in [-0.25, -0.2) is 4.79 Å². The Balaban J connectivity index is 2.24. The third-order valence-electron chi connectivity index (χ3n) is 2.91. The summed E-state index contributed by atoms with van der Waals surface area (Å²) in [5.74, 6) is -1.16. The van der Waals surface area contributed by atoms with Crippen molar-refractivity contribution in [2.45, 2.75) is 22.8 Å². The number of carboxylic acid groups (broad SMARTS) is 1. The third kappa shape index (κ3) is 1.34. The molecular formula is C8H12N2O4S. The first kappa shape index (κ1) is 10.7. The molecule has 0 aromatic carbocycles. The maximum atomic E-state index is 11.2. The number of β-lactam (4-membered cyclic amide) rings is 1. The fraction of sp³-hybridized carbons (Fsp3) is 0.750. The highest BCUT2D eigenvalue weighted by molar-refractivity contribution is 8.00. The minimum atomic E-state index is -1.47. The van der Waals surface area contributed by atoms with Gasteiger partial charge in [-0.15, -0.1) is 11.8 Å². The Morgan fingerprint density at radius 3 is 2.93 bits per heavy atom. The number of hydrogen-bond acceptors (Lipinski definition) is 5. The molecule has 2 aliphatic heterocycles. The van der Waals surface area contributed by atoms with Gasteiger partial charge in [0.2, 0.25) is 11.5 Å². The van der Waals surface area contributed by atoms with E-state index in [1.54, 1.807) is 0 Å². The van der Waals surface area contributed by atoms with Crippen molar-refractivity contribution in [3.8, 4) is 0 Å². The predicted octanol–water partition coefficient (Wildman–Crippen LogP) is -0.954. The molecule has 2 heterocycles. The number of aliphatic carboxylic acids is 1. The van der Waals surface area contributed by atoms with Crippen molar-refractivity contribution in [1.82, 2.24) is 4.90 Å². The van der Waals surface area contributed by atoms with Crippen LogP contribution in [0.4, 0.5) is 0 Å². The number of thioether (sulfide) groups is 1. The highest BCUT2D eigenvalue weighted by Crippen LogP contribution is 2.42. The Labute approximate surface area is 90.7 Å². The number of amides is 1. The number of carbonyl (C=O) groups is 2. The predicted molar refractivity (Wildman–Crippen MR) is 53.1 cm³/mol. The van der Waals surface area contributed by atoms with Gasteiger partial charge in [-0.1, -0.05) is 0 Å². The summed E-state index contributed by atoms with van der Waals surface area (Å²) >= 11 is 1.28.